The number of rotatable bonds is 15. The molecule has 0 aliphatic heterocycles. The van der Waals surface area contributed by atoms with E-state index in [1.807, 2.05) is 5.32 Å². The SMILES string of the molecule is CC(NC(=O)C(N)CCCCN)C(=O)NC(CC(N)=O)C(=O)NC(CC(=O)O)C(=O)O. The van der Waals surface area contributed by atoms with E-state index in [-0.39, 0.29) is 0 Å². The fourth-order valence-electron chi connectivity index (χ4n) is 2.38. The van der Waals surface area contributed by atoms with Crippen LogP contribution >= 0.6 is 0 Å². The predicted molar refractivity (Wildman–Crippen MR) is 106 cm³/mol. The molecule has 0 radical (unpaired) electrons. The Morgan fingerprint density at radius 3 is 1.90 bits per heavy atom. The number of aliphatic carboxylic acids is 2. The lowest BCUT2D eigenvalue weighted by molar-refractivity contribution is -0.147. The van der Waals surface area contributed by atoms with E-state index in [4.69, 9.17) is 27.4 Å². The number of carboxylic acids is 2. The molecule has 4 atom stereocenters. The van der Waals surface area contributed by atoms with E-state index in [9.17, 15) is 28.8 Å². The second kappa shape index (κ2) is 13.9. The van der Waals surface area contributed by atoms with Crippen molar-refractivity contribution in [1.82, 2.24) is 16.0 Å². The Balaban J connectivity index is 5.05. The number of nitrogens with two attached hydrogens (primary N) is 3. The monoisotopic (exact) mass is 446 g/mol. The average Bonchev–Trinajstić information content (AvgIpc) is 2.65. The van der Waals surface area contributed by atoms with Gasteiger partial charge in [0.15, 0.2) is 0 Å². The molecule has 0 heterocycles. The number of nitrogens with one attached hydrogen (secondary N) is 3. The van der Waals surface area contributed by atoms with E-state index in [0.29, 0.717) is 25.8 Å². The van der Waals surface area contributed by atoms with Gasteiger partial charge in [0.1, 0.15) is 18.1 Å². The van der Waals surface area contributed by atoms with Crippen LogP contribution in [0.15, 0.2) is 0 Å². The van der Waals surface area contributed by atoms with Gasteiger partial charge in [-0.3, -0.25) is 24.0 Å². The topological polar surface area (TPSA) is 257 Å². The summed E-state index contributed by atoms with van der Waals surface area (Å²) in [6.45, 7) is 1.76. The van der Waals surface area contributed by atoms with E-state index in [1.54, 1.807) is 0 Å². The van der Waals surface area contributed by atoms with E-state index in [2.05, 4.69) is 10.6 Å². The number of carbonyl (C=O) groups excluding carboxylic acids is 4. The van der Waals surface area contributed by atoms with Gasteiger partial charge in [-0.25, -0.2) is 4.79 Å². The minimum Gasteiger partial charge on any atom is -0.481 e. The highest BCUT2D eigenvalue weighted by Crippen LogP contribution is 2.01. The zero-order chi connectivity index (χ0) is 24.1. The second-order valence-corrected chi connectivity index (χ2v) is 6.85. The maximum Gasteiger partial charge on any atom is 0.326 e. The summed E-state index contributed by atoms with van der Waals surface area (Å²) in [7, 11) is 0. The molecule has 0 aromatic rings. The molecule has 0 aliphatic rings. The van der Waals surface area contributed by atoms with Gasteiger partial charge in [0.05, 0.1) is 18.9 Å². The van der Waals surface area contributed by atoms with Crippen molar-refractivity contribution in [3.63, 3.8) is 0 Å². The lowest BCUT2D eigenvalue weighted by Gasteiger charge is -2.22. The van der Waals surface area contributed by atoms with Crippen molar-refractivity contribution in [3.8, 4) is 0 Å². The number of carbonyl (C=O) groups is 6. The van der Waals surface area contributed by atoms with Gasteiger partial charge in [0.2, 0.25) is 23.6 Å². The zero-order valence-corrected chi connectivity index (χ0v) is 17.1. The molecule has 31 heavy (non-hydrogen) atoms. The number of unbranched alkanes of at least 4 members (excludes halogenated alkanes) is 1. The molecule has 176 valence electrons. The van der Waals surface area contributed by atoms with Gasteiger partial charge in [-0.1, -0.05) is 6.42 Å². The van der Waals surface area contributed by atoms with Gasteiger partial charge in [-0.15, -0.1) is 0 Å². The first kappa shape index (κ1) is 27.7. The summed E-state index contributed by atoms with van der Waals surface area (Å²) in [6.07, 6.45) is 0.0427. The normalized spacial score (nSPS) is 14.4. The Morgan fingerprint density at radius 1 is 0.839 bits per heavy atom. The molecule has 4 unspecified atom stereocenters. The Morgan fingerprint density at radius 2 is 1.42 bits per heavy atom. The molecular formula is C17H30N6O8. The first-order chi connectivity index (χ1) is 14.4. The molecule has 14 nitrogen and oxygen atoms in total. The molecule has 0 aliphatic carbocycles. The van der Waals surface area contributed by atoms with Crippen molar-refractivity contribution in [1.29, 1.82) is 0 Å². The van der Waals surface area contributed by atoms with Gasteiger partial charge in [0.25, 0.3) is 0 Å². The number of primary amides is 1. The highest BCUT2D eigenvalue weighted by molar-refractivity contribution is 5.96. The molecule has 0 bridgehead atoms. The van der Waals surface area contributed by atoms with E-state index in [1.165, 1.54) is 6.92 Å². The minimum absolute atomic E-state index is 0.351. The summed E-state index contributed by atoms with van der Waals surface area (Å²) < 4.78 is 0. The maximum absolute atomic E-state index is 12.3. The van der Waals surface area contributed by atoms with Crippen molar-refractivity contribution < 1.29 is 39.0 Å². The molecule has 14 heteroatoms. The van der Waals surface area contributed by atoms with Gasteiger partial charge >= 0.3 is 11.9 Å². The summed E-state index contributed by atoms with van der Waals surface area (Å²) in [5, 5.41) is 24.2. The van der Waals surface area contributed by atoms with Crippen molar-refractivity contribution in [3.05, 3.63) is 0 Å². The molecule has 0 spiro atoms. The van der Waals surface area contributed by atoms with Crippen molar-refractivity contribution in [2.75, 3.05) is 6.54 Å². The largest absolute Gasteiger partial charge is 0.481 e. The van der Waals surface area contributed by atoms with Crippen LogP contribution in [0.3, 0.4) is 0 Å². The molecule has 0 aromatic carbocycles. The highest BCUT2D eigenvalue weighted by Gasteiger charge is 2.30. The molecule has 4 amide bonds. The maximum atomic E-state index is 12.3. The third-order valence-corrected chi connectivity index (χ3v) is 4.09. The van der Waals surface area contributed by atoms with E-state index < -0.39 is 72.6 Å². The second-order valence-electron chi connectivity index (χ2n) is 6.85. The van der Waals surface area contributed by atoms with Crippen LogP contribution < -0.4 is 33.2 Å². The molecule has 0 rings (SSSR count). The summed E-state index contributed by atoms with van der Waals surface area (Å²) in [5.74, 6) is -6.69. The van der Waals surface area contributed by atoms with Gasteiger partial charge in [-0.05, 0) is 26.3 Å². The Bertz CT molecular complexity index is 686. The third kappa shape index (κ3) is 11.5. The van der Waals surface area contributed by atoms with E-state index >= 15 is 0 Å². The lowest BCUT2D eigenvalue weighted by atomic mass is 10.1. The molecule has 0 aromatic heterocycles. The highest BCUT2D eigenvalue weighted by atomic mass is 16.4. The quantitative estimate of drug-likeness (QED) is 0.114. The zero-order valence-electron chi connectivity index (χ0n) is 17.1. The van der Waals surface area contributed by atoms with Crippen LogP contribution in [0.2, 0.25) is 0 Å². The van der Waals surface area contributed by atoms with Crippen LogP contribution in [0.1, 0.15) is 39.0 Å². The fourth-order valence-corrected chi connectivity index (χ4v) is 2.38. The summed E-state index contributed by atoms with van der Waals surface area (Å²) >= 11 is 0. The summed E-state index contributed by atoms with van der Waals surface area (Å²) in [5.41, 5.74) is 16.2. The average molecular weight is 446 g/mol. The lowest BCUT2D eigenvalue weighted by Crippen LogP contribution is -2.57. The molecule has 11 N–H and O–H groups in total. The molecule has 0 saturated heterocycles. The van der Waals surface area contributed by atoms with Crippen LogP contribution in [-0.4, -0.2) is 76.5 Å². The van der Waals surface area contributed by atoms with Crippen LogP contribution in [0.5, 0.6) is 0 Å². The van der Waals surface area contributed by atoms with Gasteiger partial charge < -0.3 is 43.4 Å². The summed E-state index contributed by atoms with van der Waals surface area (Å²) in [4.78, 5) is 69.8. The standard InChI is InChI=1S/C17H30N6O8/c1-8(21-15(28)9(19)4-2-3-5-18)14(27)22-10(6-12(20)24)16(29)23-11(17(30)31)7-13(25)26/h8-11H,2-7,18-19H2,1H3,(H2,20,24)(H,21,28)(H,22,27)(H,23,29)(H,25,26)(H,30,31). The fraction of sp³-hybridized carbons (Fsp3) is 0.647. The van der Waals surface area contributed by atoms with E-state index in [0.717, 1.165) is 0 Å². The molecular weight excluding hydrogens is 416 g/mol. The van der Waals surface area contributed by atoms with Crippen LogP contribution in [-0.2, 0) is 28.8 Å². The number of hydrogen-bond donors (Lipinski definition) is 8. The Hall–Kier alpha value is -3.26. The first-order valence-corrected chi connectivity index (χ1v) is 9.48. The van der Waals surface area contributed by atoms with Crippen molar-refractivity contribution >= 4 is 35.6 Å². The van der Waals surface area contributed by atoms with Crippen LogP contribution in [0.25, 0.3) is 0 Å². The van der Waals surface area contributed by atoms with Gasteiger partial charge in [0, 0.05) is 0 Å². The van der Waals surface area contributed by atoms with Crippen molar-refractivity contribution in [2.45, 2.75) is 63.2 Å². The van der Waals surface area contributed by atoms with Crippen LogP contribution in [0, 0.1) is 0 Å². The minimum atomic E-state index is -1.79. The molecule has 0 saturated carbocycles. The van der Waals surface area contributed by atoms with Crippen molar-refractivity contribution in [2.24, 2.45) is 17.2 Å². The summed E-state index contributed by atoms with van der Waals surface area (Å²) in [6, 6.07) is -5.40. The number of carboxylic acid groups (broad SMARTS) is 2. The number of hydrogen-bond acceptors (Lipinski definition) is 8. The number of amides is 4. The Kier molecular flexibility index (Phi) is 12.4. The predicted octanol–water partition coefficient (Wildman–Crippen LogP) is -3.65. The Labute approximate surface area is 178 Å². The third-order valence-electron chi connectivity index (χ3n) is 4.09. The smallest absolute Gasteiger partial charge is 0.326 e. The first-order valence-electron chi connectivity index (χ1n) is 9.48. The van der Waals surface area contributed by atoms with Gasteiger partial charge in [-0.2, -0.15) is 0 Å². The van der Waals surface area contributed by atoms with Crippen LogP contribution in [0.4, 0.5) is 0 Å². The molecule has 0 fully saturated rings.